The number of aryl methyl sites for hydroxylation is 3. The average molecular weight is 311 g/mol. The van der Waals surface area contributed by atoms with E-state index < -0.39 is 0 Å². The number of rotatable bonds is 4. The molecule has 0 fully saturated rings. The molecule has 0 amide bonds. The maximum atomic E-state index is 12.5. The molecule has 2 rings (SSSR count). The van der Waals surface area contributed by atoms with Crippen LogP contribution in [-0.4, -0.2) is 25.3 Å². The normalized spacial score (nSPS) is 10.9. The molecule has 0 aliphatic rings. The van der Waals surface area contributed by atoms with Gasteiger partial charge in [-0.1, -0.05) is 0 Å². The number of carbonyl (C=O) groups is 1. The Balaban J connectivity index is 2.50. The van der Waals surface area contributed by atoms with Crippen LogP contribution >= 0.6 is 15.9 Å². The highest BCUT2D eigenvalue weighted by Gasteiger charge is 2.21. The minimum Gasteiger partial charge on any atom is -0.285 e. The van der Waals surface area contributed by atoms with Crippen LogP contribution < -0.4 is 0 Å². The smallest absolute Gasteiger partial charge is 0.230 e. The molecule has 18 heavy (non-hydrogen) atoms. The SMILES string of the molecule is CCn1nc(C)cc1C(=O)c1c(Br)cnn1CC. The molecule has 5 nitrogen and oxygen atoms in total. The quantitative estimate of drug-likeness (QED) is 0.815. The largest absolute Gasteiger partial charge is 0.285 e. The number of nitrogens with zero attached hydrogens (tertiary/aromatic N) is 4. The standard InChI is InChI=1S/C12H15BrN4O/c1-4-16-10(6-8(3)15-16)12(18)11-9(13)7-14-17(11)5-2/h6-7H,4-5H2,1-3H3. The summed E-state index contributed by atoms with van der Waals surface area (Å²) in [6.07, 6.45) is 1.65. The first kappa shape index (κ1) is 13.0. The molecule has 0 bridgehead atoms. The van der Waals surface area contributed by atoms with Gasteiger partial charge in [0, 0.05) is 13.1 Å². The molecule has 0 aliphatic carbocycles. The van der Waals surface area contributed by atoms with Crippen molar-refractivity contribution < 1.29 is 4.79 Å². The molecule has 0 saturated heterocycles. The highest BCUT2D eigenvalue weighted by Crippen LogP contribution is 2.20. The molecule has 6 heteroatoms. The molecule has 0 unspecified atom stereocenters. The zero-order valence-corrected chi connectivity index (χ0v) is 12.2. The first-order chi connectivity index (χ1) is 8.58. The van der Waals surface area contributed by atoms with Gasteiger partial charge in [0.1, 0.15) is 11.4 Å². The van der Waals surface area contributed by atoms with Crippen molar-refractivity contribution >= 4 is 21.7 Å². The lowest BCUT2D eigenvalue weighted by molar-refractivity contribution is 0.101. The zero-order chi connectivity index (χ0) is 13.3. The maximum Gasteiger partial charge on any atom is 0.230 e. The second-order valence-corrected chi connectivity index (χ2v) is 4.83. The van der Waals surface area contributed by atoms with Gasteiger partial charge in [0.15, 0.2) is 0 Å². The molecule has 0 atom stereocenters. The van der Waals surface area contributed by atoms with Crippen LogP contribution in [-0.2, 0) is 13.1 Å². The van der Waals surface area contributed by atoms with Gasteiger partial charge in [-0.3, -0.25) is 14.2 Å². The van der Waals surface area contributed by atoms with Gasteiger partial charge >= 0.3 is 0 Å². The van der Waals surface area contributed by atoms with Gasteiger partial charge in [-0.05, 0) is 42.8 Å². The highest BCUT2D eigenvalue weighted by molar-refractivity contribution is 9.10. The Morgan fingerprint density at radius 2 is 2.00 bits per heavy atom. The van der Waals surface area contributed by atoms with Crippen molar-refractivity contribution in [3.63, 3.8) is 0 Å². The molecule has 0 saturated carbocycles. The molecule has 2 aromatic rings. The molecule has 0 spiro atoms. The summed E-state index contributed by atoms with van der Waals surface area (Å²) >= 11 is 3.38. The number of halogens is 1. The van der Waals surface area contributed by atoms with Gasteiger partial charge in [0.05, 0.1) is 16.4 Å². The van der Waals surface area contributed by atoms with E-state index in [1.807, 2.05) is 26.8 Å². The summed E-state index contributed by atoms with van der Waals surface area (Å²) in [4.78, 5) is 12.5. The van der Waals surface area contributed by atoms with E-state index in [4.69, 9.17) is 0 Å². The average Bonchev–Trinajstić information content (AvgIpc) is 2.91. The van der Waals surface area contributed by atoms with Crippen LogP contribution in [0.4, 0.5) is 0 Å². The van der Waals surface area contributed by atoms with E-state index in [9.17, 15) is 4.79 Å². The van der Waals surface area contributed by atoms with Gasteiger partial charge in [-0.15, -0.1) is 0 Å². The van der Waals surface area contributed by atoms with E-state index in [0.717, 1.165) is 10.2 Å². The fourth-order valence-corrected chi connectivity index (χ4v) is 2.39. The predicted molar refractivity (Wildman–Crippen MR) is 71.7 cm³/mol. The van der Waals surface area contributed by atoms with Crippen LogP contribution in [0.1, 0.15) is 35.7 Å². The lowest BCUT2D eigenvalue weighted by Crippen LogP contribution is -2.15. The zero-order valence-electron chi connectivity index (χ0n) is 10.6. The molecule has 0 radical (unpaired) electrons. The van der Waals surface area contributed by atoms with Crippen molar-refractivity contribution in [1.82, 2.24) is 19.6 Å². The van der Waals surface area contributed by atoms with E-state index in [0.29, 0.717) is 24.5 Å². The Bertz CT molecular complexity index is 585. The lowest BCUT2D eigenvalue weighted by Gasteiger charge is -2.06. The van der Waals surface area contributed by atoms with Crippen molar-refractivity contribution in [2.75, 3.05) is 0 Å². The summed E-state index contributed by atoms with van der Waals surface area (Å²) < 4.78 is 4.13. The lowest BCUT2D eigenvalue weighted by atomic mass is 10.2. The monoisotopic (exact) mass is 310 g/mol. The Morgan fingerprint density at radius 1 is 1.33 bits per heavy atom. The molecule has 0 N–H and O–H groups in total. The van der Waals surface area contributed by atoms with Gasteiger partial charge in [0.25, 0.3) is 0 Å². The molecule has 2 heterocycles. The summed E-state index contributed by atoms with van der Waals surface area (Å²) in [7, 11) is 0. The summed E-state index contributed by atoms with van der Waals surface area (Å²) in [5.41, 5.74) is 2.02. The van der Waals surface area contributed by atoms with Crippen molar-refractivity contribution in [2.24, 2.45) is 0 Å². The summed E-state index contributed by atoms with van der Waals surface area (Å²) in [5, 5.41) is 8.46. The Hall–Kier alpha value is -1.43. The second kappa shape index (κ2) is 5.06. The minimum absolute atomic E-state index is 0.0522. The number of aromatic nitrogens is 4. The van der Waals surface area contributed by atoms with E-state index in [1.165, 1.54) is 0 Å². The first-order valence-corrected chi connectivity index (χ1v) is 6.68. The van der Waals surface area contributed by atoms with Crippen LogP contribution in [0.25, 0.3) is 0 Å². The van der Waals surface area contributed by atoms with Gasteiger partial charge in [0.2, 0.25) is 5.78 Å². The molecule has 0 aliphatic heterocycles. The molecule has 0 aromatic carbocycles. The van der Waals surface area contributed by atoms with E-state index >= 15 is 0 Å². The van der Waals surface area contributed by atoms with E-state index in [-0.39, 0.29) is 5.78 Å². The fourth-order valence-electron chi connectivity index (χ4n) is 1.92. The van der Waals surface area contributed by atoms with Crippen molar-refractivity contribution in [3.05, 3.63) is 33.8 Å². The van der Waals surface area contributed by atoms with Gasteiger partial charge in [-0.25, -0.2) is 0 Å². The number of hydrogen-bond donors (Lipinski definition) is 0. The van der Waals surface area contributed by atoms with Crippen molar-refractivity contribution in [1.29, 1.82) is 0 Å². The van der Waals surface area contributed by atoms with Crippen LogP contribution in [0.3, 0.4) is 0 Å². The maximum absolute atomic E-state index is 12.5. The number of ketones is 1. The Kier molecular flexibility index (Phi) is 3.65. The van der Waals surface area contributed by atoms with Crippen LogP contribution in [0.2, 0.25) is 0 Å². The third kappa shape index (κ3) is 2.12. The summed E-state index contributed by atoms with van der Waals surface area (Å²) in [6.45, 7) is 7.14. The molecule has 2 aromatic heterocycles. The van der Waals surface area contributed by atoms with Gasteiger partial charge in [-0.2, -0.15) is 10.2 Å². The van der Waals surface area contributed by atoms with Crippen LogP contribution in [0.15, 0.2) is 16.7 Å². The minimum atomic E-state index is -0.0522. The number of hydrogen-bond acceptors (Lipinski definition) is 3. The predicted octanol–water partition coefficient (Wildman–Crippen LogP) is 2.42. The summed E-state index contributed by atoms with van der Waals surface area (Å²) in [6, 6.07) is 1.81. The van der Waals surface area contributed by atoms with Crippen LogP contribution in [0.5, 0.6) is 0 Å². The second-order valence-electron chi connectivity index (χ2n) is 3.97. The molecular formula is C12H15BrN4O. The van der Waals surface area contributed by atoms with E-state index in [2.05, 4.69) is 26.1 Å². The molecular weight excluding hydrogens is 296 g/mol. The third-order valence-electron chi connectivity index (χ3n) is 2.74. The third-order valence-corrected chi connectivity index (χ3v) is 3.32. The highest BCUT2D eigenvalue weighted by atomic mass is 79.9. The topological polar surface area (TPSA) is 52.7 Å². The first-order valence-electron chi connectivity index (χ1n) is 5.88. The molecule has 96 valence electrons. The van der Waals surface area contributed by atoms with Crippen molar-refractivity contribution in [2.45, 2.75) is 33.9 Å². The van der Waals surface area contributed by atoms with E-state index in [1.54, 1.807) is 15.6 Å². The number of carbonyl (C=O) groups excluding carboxylic acids is 1. The Labute approximate surface area is 114 Å². The van der Waals surface area contributed by atoms with Crippen LogP contribution in [0, 0.1) is 6.92 Å². The fraction of sp³-hybridized carbons (Fsp3) is 0.417. The van der Waals surface area contributed by atoms with Gasteiger partial charge < -0.3 is 0 Å². The summed E-state index contributed by atoms with van der Waals surface area (Å²) in [5.74, 6) is -0.0522. The Morgan fingerprint density at radius 3 is 2.61 bits per heavy atom. The van der Waals surface area contributed by atoms with Crippen molar-refractivity contribution in [3.8, 4) is 0 Å².